The third-order valence-corrected chi connectivity index (χ3v) is 2.50. The molecule has 0 aliphatic rings. The molecule has 0 aliphatic heterocycles. The van der Waals surface area contributed by atoms with Crippen LogP contribution in [-0.4, -0.2) is 24.0 Å². The molecule has 0 saturated heterocycles. The number of carbonyl (C=O) groups excluding carboxylic acids is 1. The smallest absolute Gasteiger partial charge is 0.466 e. The van der Waals surface area contributed by atoms with E-state index in [1.807, 2.05) is 0 Å². The van der Waals surface area contributed by atoms with Crippen molar-refractivity contribution in [2.75, 3.05) is 6.61 Å². The van der Waals surface area contributed by atoms with Crippen LogP contribution in [0.3, 0.4) is 0 Å². The van der Waals surface area contributed by atoms with Gasteiger partial charge < -0.3 is 14.6 Å². The molecule has 0 bridgehead atoms. The van der Waals surface area contributed by atoms with Gasteiger partial charge >= 0.3 is 12.3 Å². The van der Waals surface area contributed by atoms with Crippen molar-refractivity contribution in [3.63, 3.8) is 0 Å². The van der Waals surface area contributed by atoms with Crippen molar-refractivity contribution in [1.82, 2.24) is 0 Å². The minimum atomic E-state index is -4.77. The van der Waals surface area contributed by atoms with Gasteiger partial charge in [-0.15, -0.1) is 13.2 Å². The molecule has 1 rings (SSSR count). The summed E-state index contributed by atoms with van der Waals surface area (Å²) in [7, 11) is 0. The average molecular weight is 292 g/mol. The van der Waals surface area contributed by atoms with E-state index in [1.54, 1.807) is 6.92 Å². The van der Waals surface area contributed by atoms with Gasteiger partial charge in [-0.2, -0.15) is 0 Å². The van der Waals surface area contributed by atoms with Gasteiger partial charge in [-0.3, -0.25) is 4.79 Å². The Morgan fingerprint density at radius 3 is 2.25 bits per heavy atom. The predicted octanol–water partition coefficient (Wildman–Crippen LogP) is 2.75. The lowest BCUT2D eigenvalue weighted by molar-refractivity contribution is -0.274. The number of rotatable bonds is 5. The highest BCUT2D eigenvalue weighted by atomic mass is 19.4. The van der Waals surface area contributed by atoms with Crippen LogP contribution >= 0.6 is 0 Å². The molecule has 1 atom stereocenters. The maximum absolute atomic E-state index is 12.0. The number of esters is 1. The van der Waals surface area contributed by atoms with Crippen molar-refractivity contribution in [1.29, 1.82) is 0 Å². The number of aliphatic hydroxyl groups is 1. The standard InChI is InChI=1S/C13H15F3O4/c1-3-19-11(17)8-12(2,18)9-4-6-10(7-5-9)20-13(14,15)16/h4-7,18H,3,8H2,1-2H3. The molecule has 1 aromatic carbocycles. The van der Waals surface area contributed by atoms with Crippen molar-refractivity contribution >= 4 is 5.97 Å². The minimum Gasteiger partial charge on any atom is -0.466 e. The lowest BCUT2D eigenvalue weighted by Gasteiger charge is -2.23. The third-order valence-electron chi connectivity index (χ3n) is 2.50. The van der Waals surface area contributed by atoms with Gasteiger partial charge in [0.05, 0.1) is 18.6 Å². The van der Waals surface area contributed by atoms with Crippen molar-refractivity contribution in [2.45, 2.75) is 32.2 Å². The fourth-order valence-electron chi connectivity index (χ4n) is 1.61. The Morgan fingerprint density at radius 1 is 1.25 bits per heavy atom. The number of benzene rings is 1. The minimum absolute atomic E-state index is 0.188. The molecule has 0 fully saturated rings. The van der Waals surface area contributed by atoms with Gasteiger partial charge in [-0.25, -0.2) is 0 Å². The van der Waals surface area contributed by atoms with E-state index < -0.39 is 23.7 Å². The van der Waals surface area contributed by atoms with Gasteiger partial charge in [0, 0.05) is 0 Å². The molecule has 7 heteroatoms. The molecule has 0 aromatic heterocycles. The SMILES string of the molecule is CCOC(=O)CC(C)(O)c1ccc(OC(F)(F)F)cc1. The van der Waals surface area contributed by atoms with Crippen molar-refractivity contribution in [3.8, 4) is 5.75 Å². The van der Waals surface area contributed by atoms with Gasteiger partial charge in [-0.05, 0) is 31.5 Å². The zero-order chi connectivity index (χ0) is 15.4. The van der Waals surface area contributed by atoms with Gasteiger partial charge in [0.15, 0.2) is 0 Å². The maximum atomic E-state index is 12.0. The summed E-state index contributed by atoms with van der Waals surface area (Å²) >= 11 is 0. The molecule has 112 valence electrons. The van der Waals surface area contributed by atoms with Gasteiger partial charge in [-0.1, -0.05) is 12.1 Å². The Hall–Kier alpha value is -1.76. The second kappa shape index (κ2) is 6.13. The normalized spacial score (nSPS) is 14.5. The Balaban J connectivity index is 2.78. The molecule has 0 radical (unpaired) electrons. The van der Waals surface area contributed by atoms with Gasteiger partial charge in [0.2, 0.25) is 0 Å². The van der Waals surface area contributed by atoms with E-state index >= 15 is 0 Å². The molecular formula is C13H15F3O4. The summed E-state index contributed by atoms with van der Waals surface area (Å²) in [6.45, 7) is 3.20. The Kier molecular flexibility index (Phi) is 4.99. The van der Waals surface area contributed by atoms with Crippen molar-refractivity contribution in [3.05, 3.63) is 29.8 Å². The van der Waals surface area contributed by atoms with Gasteiger partial charge in [0.25, 0.3) is 0 Å². The molecular weight excluding hydrogens is 277 g/mol. The molecule has 1 unspecified atom stereocenters. The van der Waals surface area contributed by atoms with E-state index in [-0.39, 0.29) is 13.0 Å². The monoisotopic (exact) mass is 292 g/mol. The highest BCUT2D eigenvalue weighted by molar-refractivity contribution is 5.71. The molecule has 4 nitrogen and oxygen atoms in total. The summed E-state index contributed by atoms with van der Waals surface area (Å²) in [5.41, 5.74) is -1.23. The average Bonchev–Trinajstić information content (AvgIpc) is 2.26. The van der Waals surface area contributed by atoms with Crippen LogP contribution in [0.5, 0.6) is 5.75 Å². The van der Waals surface area contributed by atoms with Crippen molar-refractivity contribution < 1.29 is 32.5 Å². The topological polar surface area (TPSA) is 55.8 Å². The maximum Gasteiger partial charge on any atom is 0.573 e. The highest BCUT2D eigenvalue weighted by Gasteiger charge is 2.32. The highest BCUT2D eigenvalue weighted by Crippen LogP contribution is 2.28. The lowest BCUT2D eigenvalue weighted by atomic mass is 9.92. The summed E-state index contributed by atoms with van der Waals surface area (Å²) in [6.07, 6.45) is -5.06. The second-order valence-electron chi connectivity index (χ2n) is 4.33. The van der Waals surface area contributed by atoms with E-state index in [2.05, 4.69) is 4.74 Å². The Labute approximate surface area is 114 Å². The van der Waals surface area contributed by atoms with E-state index in [9.17, 15) is 23.1 Å². The van der Waals surface area contributed by atoms with Crippen LogP contribution in [0.1, 0.15) is 25.8 Å². The fourth-order valence-corrected chi connectivity index (χ4v) is 1.61. The number of hydrogen-bond acceptors (Lipinski definition) is 4. The molecule has 0 saturated carbocycles. The Morgan fingerprint density at radius 2 is 1.80 bits per heavy atom. The fraction of sp³-hybridized carbons (Fsp3) is 0.462. The first kappa shape index (κ1) is 16.3. The molecule has 0 heterocycles. The third kappa shape index (κ3) is 5.08. The molecule has 0 aliphatic carbocycles. The first-order chi connectivity index (χ1) is 9.14. The Bertz CT molecular complexity index is 452. The summed E-state index contributed by atoms with van der Waals surface area (Å²) in [5.74, 6) is -0.985. The number of halogens is 3. The zero-order valence-corrected chi connectivity index (χ0v) is 11.0. The van der Waals surface area contributed by atoms with Crippen LogP contribution in [0, 0.1) is 0 Å². The molecule has 1 aromatic rings. The first-order valence-electron chi connectivity index (χ1n) is 5.88. The number of ether oxygens (including phenoxy) is 2. The van der Waals surface area contributed by atoms with E-state index in [1.165, 1.54) is 19.1 Å². The zero-order valence-electron chi connectivity index (χ0n) is 11.0. The van der Waals surface area contributed by atoms with E-state index in [0.29, 0.717) is 5.56 Å². The second-order valence-corrected chi connectivity index (χ2v) is 4.33. The number of hydrogen-bond donors (Lipinski definition) is 1. The lowest BCUT2D eigenvalue weighted by Crippen LogP contribution is -2.26. The van der Waals surface area contributed by atoms with Crippen LogP contribution in [0.25, 0.3) is 0 Å². The van der Waals surface area contributed by atoms with Crippen LogP contribution in [0.15, 0.2) is 24.3 Å². The van der Waals surface area contributed by atoms with Gasteiger partial charge in [0.1, 0.15) is 5.75 Å². The quantitative estimate of drug-likeness (QED) is 0.848. The predicted molar refractivity (Wildman–Crippen MR) is 63.9 cm³/mol. The van der Waals surface area contributed by atoms with Crippen LogP contribution in [-0.2, 0) is 15.1 Å². The van der Waals surface area contributed by atoms with Crippen LogP contribution in [0.2, 0.25) is 0 Å². The van der Waals surface area contributed by atoms with Crippen LogP contribution in [0.4, 0.5) is 13.2 Å². The molecule has 1 N–H and O–H groups in total. The van der Waals surface area contributed by atoms with Crippen molar-refractivity contribution in [2.24, 2.45) is 0 Å². The summed E-state index contributed by atoms with van der Waals surface area (Å²) < 4.78 is 44.4. The summed E-state index contributed by atoms with van der Waals surface area (Å²) in [4.78, 5) is 11.3. The first-order valence-corrected chi connectivity index (χ1v) is 5.88. The molecule has 0 spiro atoms. The molecule has 0 amide bonds. The van der Waals surface area contributed by atoms with Crippen LogP contribution < -0.4 is 4.74 Å². The summed E-state index contributed by atoms with van der Waals surface area (Å²) in [5, 5.41) is 10.1. The van der Waals surface area contributed by atoms with E-state index in [4.69, 9.17) is 4.74 Å². The van der Waals surface area contributed by atoms with E-state index in [0.717, 1.165) is 12.1 Å². The summed E-state index contributed by atoms with van der Waals surface area (Å²) in [6, 6.07) is 4.67. The largest absolute Gasteiger partial charge is 0.573 e. The molecule has 20 heavy (non-hydrogen) atoms. The number of alkyl halides is 3. The number of carbonyl (C=O) groups is 1.